The van der Waals surface area contributed by atoms with Gasteiger partial charge < -0.3 is 14.8 Å². The monoisotopic (exact) mass is 271 g/mol. The van der Waals surface area contributed by atoms with E-state index in [-0.39, 0.29) is 0 Å². The molecule has 0 atom stereocenters. The molecule has 3 nitrogen and oxygen atoms in total. The first-order chi connectivity index (χ1) is 8.77. The lowest BCUT2D eigenvalue weighted by Gasteiger charge is -2.09. The van der Waals surface area contributed by atoms with Gasteiger partial charge in [0, 0.05) is 11.6 Å². The van der Waals surface area contributed by atoms with Crippen LogP contribution in [0.15, 0.2) is 18.2 Å². The molecule has 18 heavy (non-hydrogen) atoms. The summed E-state index contributed by atoms with van der Waals surface area (Å²) in [5, 5.41) is 4.03. The highest BCUT2D eigenvalue weighted by Crippen LogP contribution is 2.22. The van der Waals surface area contributed by atoms with Crippen LogP contribution in [0.3, 0.4) is 0 Å². The van der Waals surface area contributed by atoms with E-state index in [1.165, 1.54) is 0 Å². The van der Waals surface area contributed by atoms with Gasteiger partial charge in [0.2, 0.25) is 0 Å². The molecule has 0 aliphatic carbocycles. The zero-order valence-electron chi connectivity index (χ0n) is 11.2. The summed E-state index contributed by atoms with van der Waals surface area (Å²) >= 11 is 5.96. The topological polar surface area (TPSA) is 30.5 Å². The highest BCUT2D eigenvalue weighted by Gasteiger charge is 2.03. The molecule has 0 radical (unpaired) electrons. The van der Waals surface area contributed by atoms with Gasteiger partial charge in [-0.1, -0.05) is 18.5 Å². The van der Waals surface area contributed by atoms with Crippen molar-refractivity contribution < 1.29 is 9.47 Å². The largest absolute Gasteiger partial charge is 0.496 e. The third kappa shape index (κ3) is 5.71. The van der Waals surface area contributed by atoms with Crippen LogP contribution in [0.5, 0.6) is 5.75 Å². The fourth-order valence-corrected chi connectivity index (χ4v) is 1.87. The van der Waals surface area contributed by atoms with Crippen LogP contribution < -0.4 is 10.1 Å². The molecule has 1 rings (SSSR count). The highest BCUT2D eigenvalue weighted by molar-refractivity contribution is 6.30. The Morgan fingerprint density at radius 3 is 2.78 bits per heavy atom. The first-order valence-electron chi connectivity index (χ1n) is 6.38. The molecule has 0 saturated carbocycles. The third-order valence-electron chi connectivity index (χ3n) is 2.61. The first kappa shape index (κ1) is 15.3. The number of nitrogens with one attached hydrogen (secondary N) is 1. The molecule has 4 heteroatoms. The van der Waals surface area contributed by atoms with Gasteiger partial charge in [0.05, 0.1) is 20.3 Å². The van der Waals surface area contributed by atoms with Gasteiger partial charge in [-0.2, -0.15) is 0 Å². The molecule has 1 aromatic carbocycles. The Kier molecular flexibility index (Phi) is 7.81. The van der Waals surface area contributed by atoms with E-state index in [0.717, 1.165) is 48.9 Å². The Labute approximate surface area is 114 Å². The second-order valence-electron chi connectivity index (χ2n) is 4.07. The van der Waals surface area contributed by atoms with E-state index in [0.29, 0.717) is 6.61 Å². The Hall–Kier alpha value is -0.770. The summed E-state index contributed by atoms with van der Waals surface area (Å²) in [6.07, 6.45) is 1.97. The molecular formula is C14H22ClNO2. The summed E-state index contributed by atoms with van der Waals surface area (Å²) in [5.41, 5.74) is 1.09. The summed E-state index contributed by atoms with van der Waals surface area (Å²) < 4.78 is 10.8. The van der Waals surface area contributed by atoms with Crippen LogP contribution in [-0.4, -0.2) is 33.4 Å². The molecule has 0 aliphatic rings. The summed E-state index contributed by atoms with van der Waals surface area (Å²) in [6.45, 7) is 5.53. The standard InChI is InChI=1S/C14H22ClNO2/c1-3-7-16-8-10-18-9-6-12-11-13(15)4-5-14(12)17-2/h4-5,11,16H,3,6-10H2,1-2H3. The van der Waals surface area contributed by atoms with E-state index in [4.69, 9.17) is 21.1 Å². The van der Waals surface area contributed by atoms with Gasteiger partial charge in [-0.15, -0.1) is 0 Å². The summed E-state index contributed by atoms with van der Waals surface area (Å²) in [4.78, 5) is 0. The molecule has 1 aromatic rings. The van der Waals surface area contributed by atoms with Crippen molar-refractivity contribution in [1.82, 2.24) is 5.32 Å². The van der Waals surface area contributed by atoms with E-state index in [1.807, 2.05) is 18.2 Å². The van der Waals surface area contributed by atoms with E-state index < -0.39 is 0 Å². The molecule has 0 aromatic heterocycles. The SMILES string of the molecule is CCCNCCOCCc1cc(Cl)ccc1OC. The highest BCUT2D eigenvalue weighted by atomic mass is 35.5. The second kappa shape index (κ2) is 9.20. The van der Waals surface area contributed by atoms with Crippen LogP contribution in [0.25, 0.3) is 0 Å². The van der Waals surface area contributed by atoms with Gasteiger partial charge in [-0.05, 0) is 43.1 Å². The lowest BCUT2D eigenvalue weighted by Crippen LogP contribution is -2.20. The van der Waals surface area contributed by atoms with Crippen molar-refractivity contribution in [3.05, 3.63) is 28.8 Å². The average molecular weight is 272 g/mol. The number of ether oxygens (including phenoxy) is 2. The molecular weight excluding hydrogens is 250 g/mol. The van der Waals surface area contributed by atoms with E-state index in [2.05, 4.69) is 12.2 Å². The van der Waals surface area contributed by atoms with Crippen LogP contribution in [0.1, 0.15) is 18.9 Å². The Morgan fingerprint density at radius 2 is 2.06 bits per heavy atom. The van der Waals surface area contributed by atoms with Crippen LogP contribution in [0.4, 0.5) is 0 Å². The molecule has 0 heterocycles. The van der Waals surface area contributed by atoms with E-state index >= 15 is 0 Å². The van der Waals surface area contributed by atoms with Crippen LogP contribution in [0, 0.1) is 0 Å². The number of hydrogen-bond donors (Lipinski definition) is 1. The van der Waals surface area contributed by atoms with Crippen molar-refractivity contribution in [2.75, 3.05) is 33.4 Å². The van der Waals surface area contributed by atoms with Crippen molar-refractivity contribution in [2.24, 2.45) is 0 Å². The van der Waals surface area contributed by atoms with Crippen LogP contribution in [-0.2, 0) is 11.2 Å². The van der Waals surface area contributed by atoms with E-state index in [1.54, 1.807) is 7.11 Å². The average Bonchev–Trinajstić information content (AvgIpc) is 2.38. The maximum absolute atomic E-state index is 5.96. The van der Waals surface area contributed by atoms with Crippen molar-refractivity contribution in [2.45, 2.75) is 19.8 Å². The first-order valence-corrected chi connectivity index (χ1v) is 6.76. The van der Waals surface area contributed by atoms with Gasteiger partial charge >= 0.3 is 0 Å². The van der Waals surface area contributed by atoms with Gasteiger partial charge in [-0.3, -0.25) is 0 Å². The summed E-state index contributed by atoms with van der Waals surface area (Å²) in [6, 6.07) is 5.65. The maximum atomic E-state index is 5.96. The van der Waals surface area contributed by atoms with Gasteiger partial charge in [0.25, 0.3) is 0 Å². The number of methoxy groups -OCH3 is 1. The number of rotatable bonds is 9. The molecule has 0 unspecified atom stereocenters. The summed E-state index contributed by atoms with van der Waals surface area (Å²) in [7, 11) is 1.67. The fraction of sp³-hybridized carbons (Fsp3) is 0.571. The maximum Gasteiger partial charge on any atom is 0.122 e. The molecule has 102 valence electrons. The molecule has 0 amide bonds. The lowest BCUT2D eigenvalue weighted by atomic mass is 10.1. The minimum absolute atomic E-state index is 0.685. The molecule has 1 N–H and O–H groups in total. The van der Waals surface area contributed by atoms with Crippen molar-refractivity contribution >= 4 is 11.6 Å². The normalized spacial score (nSPS) is 10.6. The minimum atomic E-state index is 0.685. The Balaban J connectivity index is 2.24. The molecule has 0 fully saturated rings. The van der Waals surface area contributed by atoms with Crippen LogP contribution in [0.2, 0.25) is 5.02 Å². The second-order valence-corrected chi connectivity index (χ2v) is 4.50. The third-order valence-corrected chi connectivity index (χ3v) is 2.84. The van der Waals surface area contributed by atoms with Crippen molar-refractivity contribution in [3.63, 3.8) is 0 Å². The molecule has 0 saturated heterocycles. The quantitative estimate of drug-likeness (QED) is 0.701. The smallest absolute Gasteiger partial charge is 0.122 e. The predicted molar refractivity (Wildman–Crippen MR) is 75.7 cm³/mol. The zero-order chi connectivity index (χ0) is 13.2. The van der Waals surface area contributed by atoms with Crippen LogP contribution >= 0.6 is 11.6 Å². The Bertz CT molecular complexity index is 345. The predicted octanol–water partition coefficient (Wildman–Crippen LogP) is 2.91. The Morgan fingerprint density at radius 1 is 1.22 bits per heavy atom. The zero-order valence-corrected chi connectivity index (χ0v) is 11.9. The fourth-order valence-electron chi connectivity index (χ4n) is 1.67. The van der Waals surface area contributed by atoms with Crippen molar-refractivity contribution in [3.8, 4) is 5.75 Å². The van der Waals surface area contributed by atoms with Gasteiger partial charge in [0.15, 0.2) is 0 Å². The summed E-state index contributed by atoms with van der Waals surface area (Å²) in [5.74, 6) is 0.868. The molecule has 0 aliphatic heterocycles. The molecule has 0 spiro atoms. The lowest BCUT2D eigenvalue weighted by molar-refractivity contribution is 0.138. The van der Waals surface area contributed by atoms with Crippen molar-refractivity contribution in [1.29, 1.82) is 0 Å². The van der Waals surface area contributed by atoms with Gasteiger partial charge in [-0.25, -0.2) is 0 Å². The minimum Gasteiger partial charge on any atom is -0.496 e. The van der Waals surface area contributed by atoms with Gasteiger partial charge in [0.1, 0.15) is 5.75 Å². The number of halogens is 1. The van der Waals surface area contributed by atoms with E-state index in [9.17, 15) is 0 Å². The number of hydrogen-bond acceptors (Lipinski definition) is 3. The number of benzene rings is 1. The molecule has 0 bridgehead atoms.